The molecule has 0 unspecified atom stereocenters. The van der Waals surface area contributed by atoms with Crippen LogP contribution in [0.25, 0.3) is 0 Å². The Morgan fingerprint density at radius 1 is 1.53 bits per heavy atom. The van der Waals surface area contributed by atoms with Gasteiger partial charge >= 0.3 is 5.97 Å². The van der Waals surface area contributed by atoms with E-state index >= 15 is 0 Å². The molecule has 1 aromatic heterocycles. The first-order valence-corrected chi connectivity index (χ1v) is 5.12. The van der Waals surface area contributed by atoms with Gasteiger partial charge in [0.2, 0.25) is 0 Å². The fourth-order valence-corrected chi connectivity index (χ4v) is 1.86. The molecular weight excluding hydrogens is 192 g/mol. The van der Waals surface area contributed by atoms with Crippen LogP contribution in [0.3, 0.4) is 0 Å². The number of anilines is 1. The van der Waals surface area contributed by atoms with E-state index < -0.39 is 5.97 Å². The van der Waals surface area contributed by atoms with Gasteiger partial charge in [-0.1, -0.05) is 13.0 Å². The molecule has 1 aliphatic rings. The van der Waals surface area contributed by atoms with Crippen molar-refractivity contribution < 1.29 is 9.90 Å². The van der Waals surface area contributed by atoms with Crippen molar-refractivity contribution >= 4 is 11.8 Å². The van der Waals surface area contributed by atoms with E-state index in [4.69, 9.17) is 5.11 Å². The lowest BCUT2D eigenvalue weighted by Crippen LogP contribution is -2.34. The molecule has 0 saturated heterocycles. The minimum absolute atomic E-state index is 0.0902. The number of pyridine rings is 1. The Hall–Kier alpha value is -1.58. The summed E-state index contributed by atoms with van der Waals surface area (Å²) >= 11 is 0. The molecule has 0 aliphatic heterocycles. The molecule has 0 spiro atoms. The molecule has 0 aromatic carbocycles. The van der Waals surface area contributed by atoms with Crippen molar-refractivity contribution in [1.29, 1.82) is 0 Å². The zero-order valence-corrected chi connectivity index (χ0v) is 8.60. The molecule has 0 bridgehead atoms. The van der Waals surface area contributed by atoms with Crippen LogP contribution in [0.4, 0.5) is 5.82 Å². The fourth-order valence-electron chi connectivity index (χ4n) is 1.86. The van der Waals surface area contributed by atoms with E-state index in [9.17, 15) is 4.79 Å². The van der Waals surface area contributed by atoms with Gasteiger partial charge in [-0.05, 0) is 30.9 Å². The fraction of sp³-hybridized carbons (Fsp3) is 0.455. The molecule has 4 heteroatoms. The Kier molecular flexibility index (Phi) is 2.58. The lowest BCUT2D eigenvalue weighted by Gasteiger charge is -2.33. The lowest BCUT2D eigenvalue weighted by molar-refractivity contribution is 0.0690. The standard InChI is InChI=1S/C11H14N2O2/c1-7-5-8(6-7)12-10-4-2-3-9(13-10)11(14)15/h2-4,7-8H,5-6H2,1H3,(H,12,13)(H,14,15). The Labute approximate surface area is 88.3 Å². The second-order valence-corrected chi connectivity index (χ2v) is 4.13. The van der Waals surface area contributed by atoms with Crippen molar-refractivity contribution in [3.8, 4) is 0 Å². The monoisotopic (exact) mass is 206 g/mol. The summed E-state index contributed by atoms with van der Waals surface area (Å²) in [5.41, 5.74) is 0.0902. The van der Waals surface area contributed by atoms with Gasteiger partial charge in [-0.3, -0.25) is 0 Å². The van der Waals surface area contributed by atoms with Crippen molar-refractivity contribution in [2.24, 2.45) is 5.92 Å². The quantitative estimate of drug-likeness (QED) is 0.793. The van der Waals surface area contributed by atoms with E-state index in [1.165, 1.54) is 6.07 Å². The maximum absolute atomic E-state index is 10.7. The minimum Gasteiger partial charge on any atom is -0.477 e. The van der Waals surface area contributed by atoms with Gasteiger partial charge < -0.3 is 10.4 Å². The van der Waals surface area contributed by atoms with Crippen LogP contribution in [-0.2, 0) is 0 Å². The number of hydrogen-bond donors (Lipinski definition) is 2. The highest BCUT2D eigenvalue weighted by atomic mass is 16.4. The van der Waals surface area contributed by atoms with E-state index in [0.29, 0.717) is 11.9 Å². The van der Waals surface area contributed by atoms with Crippen LogP contribution in [0.15, 0.2) is 18.2 Å². The van der Waals surface area contributed by atoms with Gasteiger partial charge in [0.25, 0.3) is 0 Å². The maximum Gasteiger partial charge on any atom is 0.354 e. The highest BCUT2D eigenvalue weighted by Crippen LogP contribution is 2.28. The molecular formula is C11H14N2O2. The summed E-state index contributed by atoms with van der Waals surface area (Å²) in [6.45, 7) is 2.21. The van der Waals surface area contributed by atoms with Gasteiger partial charge in [-0.25, -0.2) is 9.78 Å². The predicted molar refractivity (Wildman–Crippen MR) is 57.0 cm³/mol. The topological polar surface area (TPSA) is 62.2 Å². The number of carboxylic acid groups (broad SMARTS) is 1. The molecule has 15 heavy (non-hydrogen) atoms. The van der Waals surface area contributed by atoms with Crippen LogP contribution < -0.4 is 5.32 Å². The molecule has 80 valence electrons. The number of carbonyl (C=O) groups is 1. The van der Waals surface area contributed by atoms with Gasteiger partial charge in [0, 0.05) is 6.04 Å². The van der Waals surface area contributed by atoms with E-state index in [1.807, 2.05) is 0 Å². The molecule has 1 aromatic rings. The van der Waals surface area contributed by atoms with Crippen LogP contribution in [0, 0.1) is 5.92 Å². The molecule has 4 nitrogen and oxygen atoms in total. The van der Waals surface area contributed by atoms with Crippen molar-refractivity contribution in [2.45, 2.75) is 25.8 Å². The van der Waals surface area contributed by atoms with Crippen LogP contribution >= 0.6 is 0 Å². The Morgan fingerprint density at radius 2 is 2.27 bits per heavy atom. The average Bonchev–Trinajstić information content (AvgIpc) is 2.16. The minimum atomic E-state index is -0.986. The summed E-state index contributed by atoms with van der Waals surface area (Å²) in [4.78, 5) is 14.7. The number of nitrogens with zero attached hydrogens (tertiary/aromatic N) is 1. The molecule has 2 rings (SSSR count). The summed E-state index contributed by atoms with van der Waals surface area (Å²) < 4.78 is 0. The first-order chi connectivity index (χ1) is 7.15. The third-order valence-electron chi connectivity index (χ3n) is 2.69. The maximum atomic E-state index is 10.7. The summed E-state index contributed by atoms with van der Waals surface area (Å²) in [7, 11) is 0. The molecule has 1 heterocycles. The summed E-state index contributed by atoms with van der Waals surface area (Å²) in [6, 6.07) is 5.46. The lowest BCUT2D eigenvalue weighted by atomic mass is 9.82. The van der Waals surface area contributed by atoms with Crippen LogP contribution in [0.1, 0.15) is 30.3 Å². The predicted octanol–water partition coefficient (Wildman–Crippen LogP) is 1.99. The molecule has 0 amide bonds. The van der Waals surface area contributed by atoms with Crippen LogP contribution in [-0.4, -0.2) is 22.1 Å². The Morgan fingerprint density at radius 3 is 2.87 bits per heavy atom. The second kappa shape index (κ2) is 3.88. The number of aromatic carboxylic acids is 1. The zero-order chi connectivity index (χ0) is 10.8. The van der Waals surface area contributed by atoms with Crippen LogP contribution in [0.2, 0.25) is 0 Å². The van der Waals surface area contributed by atoms with E-state index in [0.717, 1.165) is 18.8 Å². The number of aromatic nitrogens is 1. The summed E-state index contributed by atoms with van der Waals surface area (Å²) in [5, 5.41) is 12.0. The van der Waals surface area contributed by atoms with Crippen molar-refractivity contribution in [3.05, 3.63) is 23.9 Å². The third-order valence-corrected chi connectivity index (χ3v) is 2.69. The zero-order valence-electron chi connectivity index (χ0n) is 8.60. The average molecular weight is 206 g/mol. The third kappa shape index (κ3) is 2.26. The first kappa shape index (κ1) is 9.96. The second-order valence-electron chi connectivity index (χ2n) is 4.13. The SMILES string of the molecule is CC1CC(Nc2cccc(C(=O)O)n2)C1. The van der Waals surface area contributed by atoms with Crippen molar-refractivity contribution in [1.82, 2.24) is 4.98 Å². The highest BCUT2D eigenvalue weighted by molar-refractivity contribution is 5.85. The Balaban J connectivity index is 2.02. The molecule has 1 saturated carbocycles. The number of nitrogens with one attached hydrogen (secondary N) is 1. The molecule has 2 N–H and O–H groups in total. The van der Waals surface area contributed by atoms with Crippen molar-refractivity contribution in [3.63, 3.8) is 0 Å². The number of rotatable bonds is 3. The highest BCUT2D eigenvalue weighted by Gasteiger charge is 2.25. The Bertz CT molecular complexity index is 373. The van der Waals surface area contributed by atoms with Gasteiger partial charge in [0.05, 0.1) is 0 Å². The molecule has 0 radical (unpaired) electrons. The normalized spacial score (nSPS) is 24.3. The molecule has 1 aliphatic carbocycles. The summed E-state index contributed by atoms with van der Waals surface area (Å²) in [6.07, 6.45) is 2.28. The first-order valence-electron chi connectivity index (χ1n) is 5.12. The van der Waals surface area contributed by atoms with Gasteiger partial charge in [0.1, 0.15) is 5.82 Å². The van der Waals surface area contributed by atoms with Crippen molar-refractivity contribution in [2.75, 3.05) is 5.32 Å². The number of carboxylic acids is 1. The van der Waals surface area contributed by atoms with Gasteiger partial charge in [-0.15, -0.1) is 0 Å². The summed E-state index contributed by atoms with van der Waals surface area (Å²) in [5.74, 6) is 0.442. The van der Waals surface area contributed by atoms with E-state index in [2.05, 4.69) is 17.2 Å². The van der Waals surface area contributed by atoms with E-state index in [1.54, 1.807) is 12.1 Å². The van der Waals surface area contributed by atoms with Gasteiger partial charge in [0.15, 0.2) is 5.69 Å². The molecule has 0 atom stereocenters. The largest absolute Gasteiger partial charge is 0.477 e. The molecule has 1 fully saturated rings. The smallest absolute Gasteiger partial charge is 0.354 e. The van der Waals surface area contributed by atoms with Gasteiger partial charge in [-0.2, -0.15) is 0 Å². The van der Waals surface area contributed by atoms with E-state index in [-0.39, 0.29) is 5.69 Å². The number of hydrogen-bond acceptors (Lipinski definition) is 3. The van der Waals surface area contributed by atoms with Crippen LogP contribution in [0.5, 0.6) is 0 Å².